The maximum atomic E-state index is 12.5. The molecule has 4 nitrogen and oxygen atoms in total. The summed E-state index contributed by atoms with van der Waals surface area (Å²) in [5.74, 6) is 0.703. The highest BCUT2D eigenvalue weighted by Gasteiger charge is 2.10. The third-order valence-corrected chi connectivity index (χ3v) is 5.69. The Labute approximate surface area is 157 Å². The third kappa shape index (κ3) is 3.58. The molecule has 0 unspecified atom stereocenters. The second kappa shape index (κ2) is 7.46. The first-order valence-electron chi connectivity index (χ1n) is 8.74. The first-order chi connectivity index (χ1) is 12.4. The normalized spacial score (nSPS) is 12.0. The van der Waals surface area contributed by atoms with Crippen molar-refractivity contribution in [2.75, 3.05) is 7.11 Å². The van der Waals surface area contributed by atoms with Crippen molar-refractivity contribution in [2.45, 2.75) is 40.7 Å². The standard InChI is InChI=1S/C21H24N2O2S/c1-6-23-17-10-13(2)14(3)11-19(17)26-21(23)22-20(24)12-16-7-8-18(25-5)15(4)9-16/h7-11H,6,12H2,1-5H3. The Morgan fingerprint density at radius 3 is 2.50 bits per heavy atom. The fraction of sp³-hybridized carbons (Fsp3) is 0.333. The number of hydrogen-bond donors (Lipinski definition) is 0. The second-order valence-electron chi connectivity index (χ2n) is 6.52. The number of nitrogens with zero attached hydrogens (tertiary/aromatic N) is 2. The van der Waals surface area contributed by atoms with Crippen molar-refractivity contribution in [1.29, 1.82) is 0 Å². The molecule has 0 aliphatic heterocycles. The average Bonchev–Trinajstić information content (AvgIpc) is 2.91. The lowest BCUT2D eigenvalue weighted by atomic mass is 10.1. The van der Waals surface area contributed by atoms with Crippen molar-refractivity contribution in [3.63, 3.8) is 0 Å². The van der Waals surface area contributed by atoms with Gasteiger partial charge in [-0.2, -0.15) is 4.99 Å². The number of ether oxygens (including phenoxy) is 1. The minimum atomic E-state index is -0.128. The fourth-order valence-corrected chi connectivity index (χ4v) is 4.27. The number of aromatic nitrogens is 1. The Morgan fingerprint density at radius 1 is 1.12 bits per heavy atom. The highest BCUT2D eigenvalue weighted by Crippen LogP contribution is 2.22. The highest BCUT2D eigenvalue weighted by atomic mass is 32.1. The van der Waals surface area contributed by atoms with E-state index in [1.807, 2.05) is 25.1 Å². The number of methoxy groups -OCH3 is 1. The van der Waals surface area contributed by atoms with Crippen LogP contribution in [0.15, 0.2) is 35.3 Å². The molecular formula is C21H24N2O2S. The lowest BCUT2D eigenvalue weighted by Crippen LogP contribution is -2.16. The first-order valence-corrected chi connectivity index (χ1v) is 9.56. The predicted octanol–water partition coefficient (Wildman–Crippen LogP) is 4.33. The topological polar surface area (TPSA) is 43.6 Å². The van der Waals surface area contributed by atoms with Crippen LogP contribution in [-0.2, 0) is 17.8 Å². The minimum Gasteiger partial charge on any atom is -0.496 e. The quantitative estimate of drug-likeness (QED) is 0.688. The van der Waals surface area contributed by atoms with Crippen molar-refractivity contribution in [1.82, 2.24) is 4.57 Å². The van der Waals surface area contributed by atoms with E-state index in [1.165, 1.54) is 15.8 Å². The average molecular weight is 369 g/mol. The molecule has 0 aliphatic carbocycles. The molecule has 0 fully saturated rings. The Balaban J connectivity index is 1.96. The van der Waals surface area contributed by atoms with Crippen molar-refractivity contribution in [3.05, 3.63) is 57.4 Å². The number of amides is 1. The fourth-order valence-electron chi connectivity index (χ4n) is 3.08. The molecule has 2 aromatic carbocycles. The van der Waals surface area contributed by atoms with Gasteiger partial charge in [0.15, 0.2) is 4.80 Å². The number of benzene rings is 2. The Hall–Kier alpha value is -2.40. The van der Waals surface area contributed by atoms with Crippen LogP contribution < -0.4 is 9.54 Å². The van der Waals surface area contributed by atoms with Gasteiger partial charge >= 0.3 is 0 Å². The SMILES string of the molecule is CCn1c(=NC(=O)Cc2ccc(OC)c(C)c2)sc2cc(C)c(C)cc21. The molecule has 0 saturated carbocycles. The van der Waals surface area contributed by atoms with E-state index in [0.29, 0.717) is 6.42 Å². The highest BCUT2D eigenvalue weighted by molar-refractivity contribution is 7.16. The maximum absolute atomic E-state index is 12.5. The summed E-state index contributed by atoms with van der Waals surface area (Å²) >= 11 is 1.57. The number of rotatable bonds is 4. The van der Waals surface area contributed by atoms with E-state index in [9.17, 15) is 4.79 Å². The van der Waals surface area contributed by atoms with Gasteiger partial charge in [0.1, 0.15) is 5.75 Å². The summed E-state index contributed by atoms with van der Waals surface area (Å²) in [6.07, 6.45) is 0.293. The van der Waals surface area contributed by atoms with Crippen LogP contribution in [-0.4, -0.2) is 17.6 Å². The molecule has 1 aromatic heterocycles. The number of carbonyl (C=O) groups excluding carboxylic acids is 1. The van der Waals surface area contributed by atoms with Gasteiger partial charge in [0.05, 0.1) is 23.7 Å². The molecule has 26 heavy (non-hydrogen) atoms. The van der Waals surface area contributed by atoms with E-state index in [0.717, 1.165) is 33.7 Å². The summed E-state index contributed by atoms with van der Waals surface area (Å²) in [6.45, 7) is 9.07. The molecule has 136 valence electrons. The van der Waals surface area contributed by atoms with Gasteiger partial charge in [0.25, 0.3) is 5.91 Å². The lowest BCUT2D eigenvalue weighted by Gasteiger charge is -2.06. The monoisotopic (exact) mass is 368 g/mol. The Bertz CT molecular complexity index is 1040. The third-order valence-electron chi connectivity index (χ3n) is 4.65. The van der Waals surface area contributed by atoms with Gasteiger partial charge in [0.2, 0.25) is 0 Å². The van der Waals surface area contributed by atoms with Crippen LogP contribution in [0.5, 0.6) is 5.75 Å². The summed E-state index contributed by atoms with van der Waals surface area (Å²) in [7, 11) is 1.65. The first kappa shape index (κ1) is 18.4. The van der Waals surface area contributed by atoms with Crippen molar-refractivity contribution in [2.24, 2.45) is 4.99 Å². The van der Waals surface area contributed by atoms with E-state index < -0.39 is 0 Å². The maximum Gasteiger partial charge on any atom is 0.252 e. The van der Waals surface area contributed by atoms with Crippen LogP contribution >= 0.6 is 11.3 Å². The van der Waals surface area contributed by atoms with Gasteiger partial charge in [-0.05, 0) is 68.1 Å². The summed E-state index contributed by atoms with van der Waals surface area (Å²) < 4.78 is 8.56. The van der Waals surface area contributed by atoms with E-state index in [-0.39, 0.29) is 5.91 Å². The molecule has 0 atom stereocenters. The van der Waals surface area contributed by atoms with Crippen molar-refractivity contribution in [3.8, 4) is 5.75 Å². The zero-order valence-corrected chi connectivity index (χ0v) is 16.7. The van der Waals surface area contributed by atoms with E-state index in [2.05, 4.69) is 42.5 Å². The molecule has 3 rings (SSSR count). The van der Waals surface area contributed by atoms with Crippen molar-refractivity contribution >= 4 is 27.5 Å². The summed E-state index contributed by atoms with van der Waals surface area (Å²) in [5.41, 5.74) is 5.63. The number of thiazole rings is 1. The van der Waals surface area contributed by atoms with Gasteiger partial charge in [-0.15, -0.1) is 0 Å². The molecule has 0 bridgehead atoms. The molecule has 0 saturated heterocycles. The van der Waals surface area contributed by atoms with Crippen LogP contribution in [0.4, 0.5) is 0 Å². The molecule has 5 heteroatoms. The molecule has 3 aromatic rings. The van der Waals surface area contributed by atoms with Gasteiger partial charge in [0, 0.05) is 6.54 Å². The van der Waals surface area contributed by atoms with Crippen LogP contribution in [0.2, 0.25) is 0 Å². The van der Waals surface area contributed by atoms with Crippen LogP contribution in [0.3, 0.4) is 0 Å². The minimum absolute atomic E-state index is 0.128. The van der Waals surface area contributed by atoms with E-state index >= 15 is 0 Å². The zero-order chi connectivity index (χ0) is 18.8. The summed E-state index contributed by atoms with van der Waals surface area (Å²) in [5, 5.41) is 0. The molecular weight excluding hydrogens is 344 g/mol. The largest absolute Gasteiger partial charge is 0.496 e. The van der Waals surface area contributed by atoms with Crippen LogP contribution in [0.25, 0.3) is 10.2 Å². The van der Waals surface area contributed by atoms with Crippen molar-refractivity contribution < 1.29 is 9.53 Å². The molecule has 0 aliphatic rings. The molecule has 1 heterocycles. The number of hydrogen-bond acceptors (Lipinski definition) is 3. The smallest absolute Gasteiger partial charge is 0.252 e. The second-order valence-corrected chi connectivity index (χ2v) is 7.53. The van der Waals surface area contributed by atoms with Crippen LogP contribution in [0, 0.1) is 20.8 Å². The molecule has 0 spiro atoms. The number of carbonyl (C=O) groups is 1. The zero-order valence-electron chi connectivity index (χ0n) is 15.9. The van der Waals surface area contributed by atoms with Gasteiger partial charge in [-0.3, -0.25) is 4.79 Å². The molecule has 0 radical (unpaired) electrons. The Morgan fingerprint density at radius 2 is 1.85 bits per heavy atom. The molecule has 0 N–H and O–H groups in total. The van der Waals surface area contributed by atoms with E-state index in [1.54, 1.807) is 18.4 Å². The number of aryl methyl sites for hydroxylation is 4. The predicted molar refractivity (Wildman–Crippen MR) is 107 cm³/mol. The van der Waals surface area contributed by atoms with Gasteiger partial charge in [-0.25, -0.2) is 0 Å². The molecule has 1 amide bonds. The Kier molecular flexibility index (Phi) is 5.28. The number of fused-ring (bicyclic) bond motifs is 1. The van der Waals surface area contributed by atoms with E-state index in [4.69, 9.17) is 4.74 Å². The lowest BCUT2D eigenvalue weighted by molar-refractivity contribution is -0.117. The van der Waals surface area contributed by atoms with Crippen LogP contribution in [0.1, 0.15) is 29.2 Å². The van der Waals surface area contributed by atoms with Gasteiger partial charge in [-0.1, -0.05) is 23.5 Å². The van der Waals surface area contributed by atoms with Gasteiger partial charge < -0.3 is 9.30 Å². The summed E-state index contributed by atoms with van der Waals surface area (Å²) in [6, 6.07) is 10.2. The summed E-state index contributed by atoms with van der Waals surface area (Å²) in [4.78, 5) is 17.7.